The summed E-state index contributed by atoms with van der Waals surface area (Å²) < 4.78 is 22.3. The number of nitrogens with two attached hydrogens (primary N) is 1. The highest BCUT2D eigenvalue weighted by Gasteiger charge is 2.31. The molecule has 0 aromatic heterocycles. The lowest BCUT2D eigenvalue weighted by Crippen LogP contribution is -2.21. The molecule has 35 heavy (non-hydrogen) atoms. The summed E-state index contributed by atoms with van der Waals surface area (Å²) in [6.07, 6.45) is 0.881. The molecule has 0 bridgehead atoms. The molecule has 1 heterocycles. The van der Waals surface area contributed by atoms with Crippen molar-refractivity contribution in [1.82, 2.24) is 0 Å². The van der Waals surface area contributed by atoms with Crippen molar-refractivity contribution in [2.75, 3.05) is 13.2 Å². The Morgan fingerprint density at radius 3 is 2.57 bits per heavy atom. The zero-order chi connectivity index (χ0) is 24.8. The molecule has 3 aromatic carbocycles. The minimum absolute atomic E-state index is 0.00218. The van der Waals surface area contributed by atoms with Crippen LogP contribution in [0.5, 0.6) is 23.0 Å². The zero-order valence-corrected chi connectivity index (χ0v) is 19.7. The molecule has 0 radical (unpaired) electrons. The first-order valence-electron chi connectivity index (χ1n) is 11.0. The molecule has 3 aromatic rings. The van der Waals surface area contributed by atoms with E-state index in [0.29, 0.717) is 34.5 Å². The summed E-state index contributed by atoms with van der Waals surface area (Å²) in [5.41, 5.74) is 7.94. The van der Waals surface area contributed by atoms with Crippen LogP contribution in [0, 0.1) is 11.3 Å². The summed E-state index contributed by atoms with van der Waals surface area (Å²) in [7, 11) is 0. The van der Waals surface area contributed by atoms with Gasteiger partial charge in [0, 0.05) is 16.7 Å². The topological polar surface area (TPSA) is 104 Å². The largest absolute Gasteiger partial charge is 0.494 e. The van der Waals surface area contributed by atoms with Gasteiger partial charge in [-0.3, -0.25) is 0 Å². The number of esters is 1. The Morgan fingerprint density at radius 2 is 1.83 bits per heavy atom. The van der Waals surface area contributed by atoms with Crippen LogP contribution >= 0.6 is 11.6 Å². The van der Waals surface area contributed by atoms with Crippen molar-refractivity contribution in [2.24, 2.45) is 5.73 Å². The summed E-state index contributed by atoms with van der Waals surface area (Å²) in [4.78, 5) is 12.3. The van der Waals surface area contributed by atoms with E-state index in [4.69, 9.17) is 36.3 Å². The van der Waals surface area contributed by atoms with Gasteiger partial charge in [-0.05, 0) is 48.4 Å². The lowest BCUT2D eigenvalue weighted by Gasteiger charge is -2.27. The molecule has 7 nitrogen and oxygen atoms in total. The maximum absolute atomic E-state index is 12.3. The predicted molar refractivity (Wildman–Crippen MR) is 131 cm³/mol. The van der Waals surface area contributed by atoms with Crippen LogP contribution in [0.15, 0.2) is 78.2 Å². The van der Waals surface area contributed by atoms with Crippen LogP contribution < -0.4 is 24.7 Å². The zero-order valence-electron chi connectivity index (χ0n) is 19.0. The normalized spacial score (nSPS) is 14.4. The highest BCUT2D eigenvalue weighted by Crippen LogP contribution is 2.44. The second-order valence-electron chi connectivity index (χ2n) is 7.77. The quantitative estimate of drug-likeness (QED) is 0.336. The number of carbonyl (C=O) groups excluding carboxylic acids is 1. The van der Waals surface area contributed by atoms with Crippen LogP contribution in [-0.4, -0.2) is 19.2 Å². The molecule has 0 fully saturated rings. The fourth-order valence-corrected chi connectivity index (χ4v) is 3.89. The second-order valence-corrected chi connectivity index (χ2v) is 8.20. The Morgan fingerprint density at radius 1 is 1.06 bits per heavy atom. The first-order chi connectivity index (χ1) is 17.0. The van der Waals surface area contributed by atoms with Crippen LogP contribution in [0.2, 0.25) is 5.02 Å². The third-order valence-corrected chi connectivity index (χ3v) is 5.47. The van der Waals surface area contributed by atoms with E-state index in [1.165, 1.54) is 0 Å². The van der Waals surface area contributed by atoms with Crippen LogP contribution in [0.25, 0.3) is 0 Å². The van der Waals surface area contributed by atoms with Gasteiger partial charge >= 0.3 is 5.97 Å². The number of nitriles is 1. The number of hydrogen-bond donors (Lipinski definition) is 1. The van der Waals surface area contributed by atoms with Gasteiger partial charge in [0.25, 0.3) is 0 Å². The molecule has 8 heteroatoms. The molecule has 0 saturated carbocycles. The van der Waals surface area contributed by atoms with E-state index in [9.17, 15) is 10.1 Å². The number of nitrogens with zero attached hydrogens (tertiary/aromatic N) is 1. The summed E-state index contributed by atoms with van der Waals surface area (Å²) in [5.74, 6) is 0.765. The van der Waals surface area contributed by atoms with Gasteiger partial charge < -0.3 is 24.7 Å². The lowest BCUT2D eigenvalue weighted by molar-refractivity contribution is -0.136. The van der Waals surface area contributed by atoms with E-state index in [2.05, 4.69) is 6.07 Å². The summed E-state index contributed by atoms with van der Waals surface area (Å²) in [5, 5.41) is 10.3. The average molecular weight is 491 g/mol. The van der Waals surface area contributed by atoms with Crippen LogP contribution in [-0.2, 0) is 4.79 Å². The van der Waals surface area contributed by atoms with Gasteiger partial charge in [-0.25, -0.2) is 4.79 Å². The molecule has 2 N–H and O–H groups in total. The Labute approximate surface area is 208 Å². The Balaban J connectivity index is 1.55. The first kappa shape index (κ1) is 24.0. The number of hydrogen-bond acceptors (Lipinski definition) is 7. The van der Waals surface area contributed by atoms with Gasteiger partial charge in [0.2, 0.25) is 5.88 Å². The third-order valence-electron chi connectivity index (χ3n) is 5.24. The lowest BCUT2D eigenvalue weighted by atomic mass is 9.83. The molecule has 178 valence electrons. The molecule has 1 aliphatic heterocycles. The van der Waals surface area contributed by atoms with Crippen molar-refractivity contribution in [1.29, 1.82) is 5.26 Å². The van der Waals surface area contributed by atoms with Crippen LogP contribution in [0.4, 0.5) is 0 Å². The SMILES string of the molecule is CCCOc1cccc(C2C(C#N)=C(N)Oc3cc(OC(=O)COc4cccc(Cl)c4)ccc32)c1. The fourth-order valence-electron chi connectivity index (χ4n) is 3.71. The van der Waals surface area contributed by atoms with Gasteiger partial charge in [0.1, 0.15) is 34.6 Å². The highest BCUT2D eigenvalue weighted by atomic mass is 35.5. The van der Waals surface area contributed by atoms with Gasteiger partial charge in [-0.15, -0.1) is 0 Å². The maximum Gasteiger partial charge on any atom is 0.349 e. The number of allylic oxidation sites excluding steroid dienone is 1. The molecule has 1 aliphatic rings. The Kier molecular flexibility index (Phi) is 7.44. The highest BCUT2D eigenvalue weighted by molar-refractivity contribution is 6.30. The first-order valence-corrected chi connectivity index (χ1v) is 11.4. The van der Waals surface area contributed by atoms with E-state index in [1.807, 2.05) is 31.2 Å². The Bertz CT molecular complexity index is 1310. The number of ether oxygens (including phenoxy) is 4. The molecule has 1 atom stereocenters. The van der Waals surface area contributed by atoms with E-state index in [1.54, 1.807) is 42.5 Å². The Hall–Kier alpha value is -4.15. The van der Waals surface area contributed by atoms with Gasteiger partial charge in [-0.2, -0.15) is 5.26 Å². The van der Waals surface area contributed by atoms with Crippen molar-refractivity contribution >= 4 is 17.6 Å². The average Bonchev–Trinajstić information content (AvgIpc) is 2.85. The maximum atomic E-state index is 12.3. The fraction of sp³-hybridized carbons (Fsp3) is 0.185. The second kappa shape index (κ2) is 10.9. The van der Waals surface area contributed by atoms with E-state index in [0.717, 1.165) is 17.5 Å². The van der Waals surface area contributed by atoms with Gasteiger partial charge in [-0.1, -0.05) is 42.8 Å². The molecular formula is C27H23ClN2O5. The van der Waals surface area contributed by atoms with Crippen LogP contribution in [0.3, 0.4) is 0 Å². The molecule has 0 amide bonds. The van der Waals surface area contributed by atoms with Gasteiger partial charge in [0.05, 0.1) is 12.5 Å². The predicted octanol–water partition coefficient (Wildman–Crippen LogP) is 5.33. The number of rotatable bonds is 8. The van der Waals surface area contributed by atoms with Crippen molar-refractivity contribution in [3.8, 4) is 29.1 Å². The molecular weight excluding hydrogens is 468 g/mol. The van der Waals surface area contributed by atoms with E-state index >= 15 is 0 Å². The molecule has 4 rings (SSSR count). The van der Waals surface area contributed by atoms with Crippen molar-refractivity contribution in [2.45, 2.75) is 19.3 Å². The molecule has 1 unspecified atom stereocenters. The number of halogens is 1. The third kappa shape index (κ3) is 5.68. The number of benzene rings is 3. The summed E-state index contributed by atoms with van der Waals surface area (Å²) >= 11 is 5.93. The molecule has 0 aliphatic carbocycles. The number of carbonyl (C=O) groups is 1. The monoisotopic (exact) mass is 490 g/mol. The molecule has 0 saturated heterocycles. The van der Waals surface area contributed by atoms with Crippen molar-refractivity contribution in [3.63, 3.8) is 0 Å². The van der Waals surface area contributed by atoms with E-state index in [-0.39, 0.29) is 18.2 Å². The molecule has 0 spiro atoms. The number of fused-ring (bicyclic) bond motifs is 1. The van der Waals surface area contributed by atoms with Gasteiger partial charge in [0.15, 0.2) is 6.61 Å². The summed E-state index contributed by atoms with van der Waals surface area (Å²) in [6, 6.07) is 21.4. The van der Waals surface area contributed by atoms with Crippen molar-refractivity contribution in [3.05, 3.63) is 94.3 Å². The van der Waals surface area contributed by atoms with Crippen molar-refractivity contribution < 1.29 is 23.7 Å². The minimum Gasteiger partial charge on any atom is -0.494 e. The standard InChI is InChI=1S/C27H23ClN2O5/c1-2-11-32-19-7-3-5-17(12-19)26-22-10-9-21(14-24(22)35-27(30)23(26)15-29)34-25(31)16-33-20-8-4-6-18(28)13-20/h3-10,12-14,26H,2,11,16,30H2,1H3. The smallest absolute Gasteiger partial charge is 0.349 e. The van der Waals surface area contributed by atoms with Crippen LogP contribution in [0.1, 0.15) is 30.4 Å². The van der Waals surface area contributed by atoms with E-state index < -0.39 is 11.9 Å². The minimum atomic E-state index is -0.598. The summed E-state index contributed by atoms with van der Waals surface area (Å²) in [6.45, 7) is 2.32.